The predicted molar refractivity (Wildman–Crippen MR) is 104 cm³/mol. The molecule has 0 spiro atoms. The fourth-order valence-corrected chi connectivity index (χ4v) is 2.72. The standard InChI is InChI=1S/C17H25ClN4O2.ClH/c1-17(2,3)22-16(24)21-11-6-7-14(18)13(9-11)15(23)20-12-5-4-8-19-10-12;/h6-7,9,12,19H,4-5,8,10H2,1-3H3,(H,20,23)(H2,21,22,24);1H/t12-;/m0./s1. The van der Waals surface area contributed by atoms with Crippen molar-refractivity contribution in [2.75, 3.05) is 18.4 Å². The van der Waals surface area contributed by atoms with Gasteiger partial charge in [-0.25, -0.2) is 4.79 Å². The Morgan fingerprint density at radius 3 is 2.60 bits per heavy atom. The molecule has 1 atom stereocenters. The van der Waals surface area contributed by atoms with Gasteiger partial charge < -0.3 is 21.3 Å². The smallest absolute Gasteiger partial charge is 0.319 e. The molecular formula is C17H26Cl2N4O2. The van der Waals surface area contributed by atoms with Crippen molar-refractivity contribution in [1.82, 2.24) is 16.0 Å². The molecule has 1 aromatic rings. The summed E-state index contributed by atoms with van der Waals surface area (Å²) in [5, 5.41) is 12.1. The van der Waals surface area contributed by atoms with Crippen molar-refractivity contribution >= 4 is 41.6 Å². The predicted octanol–water partition coefficient (Wildman–Crippen LogP) is 3.16. The molecule has 1 aliphatic rings. The molecule has 140 valence electrons. The first-order chi connectivity index (χ1) is 11.2. The first-order valence-corrected chi connectivity index (χ1v) is 8.53. The van der Waals surface area contributed by atoms with Gasteiger partial charge in [0.25, 0.3) is 5.91 Å². The van der Waals surface area contributed by atoms with Crippen molar-refractivity contribution in [2.24, 2.45) is 0 Å². The average Bonchev–Trinajstić information content (AvgIpc) is 2.48. The van der Waals surface area contributed by atoms with Crippen molar-refractivity contribution in [2.45, 2.75) is 45.2 Å². The third kappa shape index (κ3) is 7.10. The summed E-state index contributed by atoms with van der Waals surface area (Å²) in [6.07, 6.45) is 1.98. The maximum atomic E-state index is 12.4. The van der Waals surface area contributed by atoms with Gasteiger partial charge in [-0.2, -0.15) is 0 Å². The van der Waals surface area contributed by atoms with E-state index >= 15 is 0 Å². The molecule has 8 heteroatoms. The third-order valence-corrected chi connectivity index (χ3v) is 3.92. The van der Waals surface area contributed by atoms with E-state index in [1.807, 2.05) is 20.8 Å². The largest absolute Gasteiger partial charge is 0.348 e. The summed E-state index contributed by atoms with van der Waals surface area (Å²) < 4.78 is 0. The Balaban J connectivity index is 0.00000312. The number of hydrogen-bond donors (Lipinski definition) is 4. The number of carbonyl (C=O) groups excluding carboxylic acids is 2. The number of piperidine rings is 1. The summed E-state index contributed by atoms with van der Waals surface area (Å²) in [5.74, 6) is -0.228. The fraction of sp³-hybridized carbons (Fsp3) is 0.529. The van der Waals surface area contributed by atoms with E-state index in [0.717, 1.165) is 25.9 Å². The van der Waals surface area contributed by atoms with Gasteiger partial charge in [-0.1, -0.05) is 11.6 Å². The Morgan fingerprint density at radius 1 is 1.28 bits per heavy atom. The van der Waals surface area contributed by atoms with E-state index in [1.165, 1.54) is 0 Å². The van der Waals surface area contributed by atoms with Crippen LogP contribution < -0.4 is 21.3 Å². The zero-order valence-corrected chi connectivity index (χ0v) is 16.3. The SMILES string of the molecule is CC(C)(C)NC(=O)Nc1ccc(Cl)c(C(=O)N[C@H]2CCCNC2)c1.Cl. The van der Waals surface area contributed by atoms with Crippen LogP contribution in [0.25, 0.3) is 0 Å². The number of carbonyl (C=O) groups is 2. The van der Waals surface area contributed by atoms with Crippen molar-refractivity contribution in [3.8, 4) is 0 Å². The Labute approximate surface area is 159 Å². The van der Waals surface area contributed by atoms with E-state index in [0.29, 0.717) is 16.3 Å². The summed E-state index contributed by atoms with van der Waals surface area (Å²) in [5.41, 5.74) is 0.536. The highest BCUT2D eigenvalue weighted by Gasteiger charge is 2.19. The van der Waals surface area contributed by atoms with Crippen LogP contribution in [0.1, 0.15) is 44.0 Å². The first kappa shape index (κ1) is 21.5. The average molecular weight is 389 g/mol. The fourth-order valence-electron chi connectivity index (χ4n) is 2.52. The molecule has 0 saturated carbocycles. The molecule has 25 heavy (non-hydrogen) atoms. The number of benzene rings is 1. The second kappa shape index (κ2) is 9.27. The molecule has 0 aromatic heterocycles. The van der Waals surface area contributed by atoms with Crippen molar-refractivity contribution < 1.29 is 9.59 Å². The molecule has 0 radical (unpaired) electrons. The normalized spacial score (nSPS) is 17.2. The molecule has 1 saturated heterocycles. The van der Waals surface area contributed by atoms with Gasteiger partial charge in [0.1, 0.15) is 0 Å². The maximum Gasteiger partial charge on any atom is 0.319 e. The molecule has 1 aliphatic heterocycles. The van der Waals surface area contributed by atoms with Gasteiger partial charge in [0.15, 0.2) is 0 Å². The van der Waals surface area contributed by atoms with Crippen molar-refractivity contribution in [1.29, 1.82) is 0 Å². The zero-order chi connectivity index (χ0) is 17.7. The minimum atomic E-state index is -0.343. The van der Waals surface area contributed by atoms with Crippen LogP contribution in [0.5, 0.6) is 0 Å². The van der Waals surface area contributed by atoms with Gasteiger partial charge >= 0.3 is 6.03 Å². The number of amides is 3. The van der Waals surface area contributed by atoms with E-state index in [4.69, 9.17) is 11.6 Å². The van der Waals surface area contributed by atoms with Crippen LogP contribution in [0.15, 0.2) is 18.2 Å². The second-order valence-corrected chi connectivity index (χ2v) is 7.45. The summed E-state index contributed by atoms with van der Waals surface area (Å²) in [7, 11) is 0. The highest BCUT2D eigenvalue weighted by molar-refractivity contribution is 6.34. The van der Waals surface area contributed by atoms with Crippen molar-refractivity contribution in [3.63, 3.8) is 0 Å². The number of nitrogens with one attached hydrogen (secondary N) is 4. The topological polar surface area (TPSA) is 82.3 Å². The molecule has 1 heterocycles. The number of urea groups is 1. The van der Waals surface area contributed by atoms with Gasteiger partial charge in [0.05, 0.1) is 10.6 Å². The second-order valence-electron chi connectivity index (χ2n) is 7.04. The lowest BCUT2D eigenvalue weighted by molar-refractivity contribution is 0.0931. The van der Waals surface area contributed by atoms with Crippen LogP contribution in [0.4, 0.5) is 10.5 Å². The molecule has 6 nitrogen and oxygen atoms in total. The van der Waals surface area contributed by atoms with E-state index in [2.05, 4.69) is 21.3 Å². The van der Waals surface area contributed by atoms with Crippen LogP contribution in [0, 0.1) is 0 Å². The highest BCUT2D eigenvalue weighted by Crippen LogP contribution is 2.21. The molecule has 1 fully saturated rings. The van der Waals surface area contributed by atoms with Crippen LogP contribution in [0.3, 0.4) is 0 Å². The molecule has 1 aromatic carbocycles. The van der Waals surface area contributed by atoms with E-state index in [1.54, 1.807) is 18.2 Å². The molecule has 0 bridgehead atoms. The van der Waals surface area contributed by atoms with Crippen LogP contribution in [0.2, 0.25) is 5.02 Å². The summed E-state index contributed by atoms with van der Waals surface area (Å²) in [6.45, 7) is 7.42. The third-order valence-electron chi connectivity index (χ3n) is 3.59. The van der Waals surface area contributed by atoms with Crippen LogP contribution in [-0.4, -0.2) is 36.6 Å². The summed E-state index contributed by atoms with van der Waals surface area (Å²) >= 11 is 6.15. The Hall–Kier alpha value is -1.50. The van der Waals surface area contributed by atoms with Gasteiger partial charge in [-0.3, -0.25) is 4.79 Å². The van der Waals surface area contributed by atoms with Gasteiger partial charge in [0.2, 0.25) is 0 Å². The van der Waals surface area contributed by atoms with Crippen LogP contribution >= 0.6 is 24.0 Å². The quantitative estimate of drug-likeness (QED) is 0.641. The number of halogens is 2. The Kier molecular flexibility index (Phi) is 7.99. The molecule has 0 aliphatic carbocycles. The lowest BCUT2D eigenvalue weighted by Gasteiger charge is -2.24. The van der Waals surface area contributed by atoms with E-state index < -0.39 is 0 Å². The lowest BCUT2D eigenvalue weighted by Crippen LogP contribution is -2.45. The first-order valence-electron chi connectivity index (χ1n) is 8.15. The molecule has 0 unspecified atom stereocenters. The minimum Gasteiger partial charge on any atom is -0.348 e. The van der Waals surface area contributed by atoms with Gasteiger partial charge in [0, 0.05) is 23.8 Å². The lowest BCUT2D eigenvalue weighted by atomic mass is 10.1. The number of anilines is 1. The van der Waals surface area contributed by atoms with Crippen LogP contribution in [-0.2, 0) is 0 Å². The van der Waals surface area contributed by atoms with Crippen molar-refractivity contribution in [3.05, 3.63) is 28.8 Å². The van der Waals surface area contributed by atoms with E-state index in [9.17, 15) is 9.59 Å². The molecular weight excluding hydrogens is 363 g/mol. The van der Waals surface area contributed by atoms with Gasteiger partial charge in [-0.15, -0.1) is 12.4 Å². The maximum absolute atomic E-state index is 12.4. The monoisotopic (exact) mass is 388 g/mol. The number of rotatable bonds is 3. The molecule has 3 amide bonds. The minimum absolute atomic E-state index is 0. The number of hydrogen-bond acceptors (Lipinski definition) is 3. The molecule has 2 rings (SSSR count). The Bertz CT molecular complexity index is 611. The van der Waals surface area contributed by atoms with Gasteiger partial charge in [-0.05, 0) is 58.4 Å². The van der Waals surface area contributed by atoms with E-state index in [-0.39, 0.29) is 35.9 Å². The summed E-state index contributed by atoms with van der Waals surface area (Å²) in [6, 6.07) is 4.65. The summed E-state index contributed by atoms with van der Waals surface area (Å²) in [4.78, 5) is 24.4. The Morgan fingerprint density at radius 2 is 2.00 bits per heavy atom. The zero-order valence-electron chi connectivity index (χ0n) is 14.7. The molecule has 4 N–H and O–H groups in total. The highest BCUT2D eigenvalue weighted by atomic mass is 35.5.